The quantitative estimate of drug-likeness (QED) is 0.0399. The molecule has 0 spiro atoms. The molecule has 0 aliphatic carbocycles. The van der Waals surface area contributed by atoms with Crippen LogP contribution in [0.1, 0.15) is 200 Å². The average molecular weight is 647 g/mol. The fourth-order valence-corrected chi connectivity index (χ4v) is 6.26. The molecule has 1 atom stereocenters. The third kappa shape index (κ3) is 29.9. The van der Waals surface area contributed by atoms with Crippen molar-refractivity contribution < 1.29 is 31.8 Å². The molecular weight excluding hydrogens is 576 g/mol. The first kappa shape index (κ1) is 43.2. The summed E-state index contributed by atoms with van der Waals surface area (Å²) in [6, 6.07) is 0. The SMILES string of the molecule is CCCCCCCCCCCCCCCC(=O)C(CC(O)COS(=O)(=O)O)C(=O)CCCCCCCCCCCCCCC. The number of carbonyl (C=O) groups is 2. The van der Waals surface area contributed by atoms with E-state index in [0.29, 0.717) is 12.8 Å². The van der Waals surface area contributed by atoms with Gasteiger partial charge in [0.25, 0.3) is 0 Å². The first-order chi connectivity index (χ1) is 21.2. The molecule has 0 amide bonds. The molecule has 262 valence electrons. The molecule has 0 saturated heterocycles. The highest BCUT2D eigenvalue weighted by molar-refractivity contribution is 7.80. The zero-order chi connectivity index (χ0) is 32.7. The fourth-order valence-electron chi connectivity index (χ4n) is 5.93. The average Bonchev–Trinajstić information content (AvgIpc) is 2.99. The van der Waals surface area contributed by atoms with E-state index in [0.717, 1.165) is 51.4 Å². The molecule has 0 saturated carbocycles. The molecule has 0 aliphatic heterocycles. The lowest BCUT2D eigenvalue weighted by Crippen LogP contribution is -2.31. The Balaban J connectivity index is 4.27. The Morgan fingerprint density at radius 2 is 0.795 bits per heavy atom. The second-order valence-electron chi connectivity index (χ2n) is 13.1. The smallest absolute Gasteiger partial charge is 0.391 e. The summed E-state index contributed by atoms with van der Waals surface area (Å²) in [5.74, 6) is -1.32. The Labute approximate surface area is 272 Å². The first-order valence-corrected chi connectivity index (χ1v) is 19.9. The molecule has 0 aromatic carbocycles. The topological polar surface area (TPSA) is 118 Å². The summed E-state index contributed by atoms with van der Waals surface area (Å²) in [5, 5.41) is 10.2. The maximum Gasteiger partial charge on any atom is 0.397 e. The van der Waals surface area contributed by atoms with E-state index < -0.39 is 29.0 Å². The maximum atomic E-state index is 13.0. The van der Waals surface area contributed by atoms with Gasteiger partial charge in [-0.1, -0.05) is 168 Å². The highest BCUT2D eigenvalue weighted by Crippen LogP contribution is 2.20. The number of aliphatic hydroxyl groups excluding tert-OH is 1. The van der Waals surface area contributed by atoms with Crippen LogP contribution in [0.3, 0.4) is 0 Å². The lowest BCUT2D eigenvalue weighted by molar-refractivity contribution is -0.134. The predicted octanol–water partition coefficient (Wildman–Crippen LogP) is 10.3. The van der Waals surface area contributed by atoms with Crippen LogP contribution in [0.15, 0.2) is 0 Å². The Bertz CT molecular complexity index is 726. The van der Waals surface area contributed by atoms with Crippen LogP contribution in [0, 0.1) is 5.92 Å². The molecule has 0 bridgehead atoms. The van der Waals surface area contributed by atoms with Crippen LogP contribution < -0.4 is 0 Å². The van der Waals surface area contributed by atoms with Gasteiger partial charge in [-0.05, 0) is 19.3 Å². The predicted molar refractivity (Wildman–Crippen MR) is 182 cm³/mol. The van der Waals surface area contributed by atoms with E-state index in [1.807, 2.05) is 0 Å². The van der Waals surface area contributed by atoms with Crippen molar-refractivity contribution in [1.82, 2.24) is 0 Å². The summed E-state index contributed by atoms with van der Waals surface area (Å²) < 4.78 is 34.8. The van der Waals surface area contributed by atoms with Crippen LogP contribution in [0.2, 0.25) is 0 Å². The highest BCUT2D eigenvalue weighted by atomic mass is 32.3. The van der Waals surface area contributed by atoms with Crippen molar-refractivity contribution in [3.8, 4) is 0 Å². The van der Waals surface area contributed by atoms with Gasteiger partial charge in [0.1, 0.15) is 11.6 Å². The minimum Gasteiger partial charge on any atom is -0.391 e. The van der Waals surface area contributed by atoms with Crippen LogP contribution in [0.25, 0.3) is 0 Å². The van der Waals surface area contributed by atoms with E-state index in [1.165, 1.54) is 116 Å². The van der Waals surface area contributed by atoms with Crippen LogP contribution in [0.4, 0.5) is 0 Å². The van der Waals surface area contributed by atoms with Crippen molar-refractivity contribution in [2.45, 2.75) is 206 Å². The van der Waals surface area contributed by atoms with Crippen LogP contribution in [0.5, 0.6) is 0 Å². The summed E-state index contributed by atoms with van der Waals surface area (Å²) in [7, 11) is -4.70. The third-order valence-electron chi connectivity index (χ3n) is 8.75. The van der Waals surface area contributed by atoms with Gasteiger partial charge in [-0.25, -0.2) is 4.18 Å². The van der Waals surface area contributed by atoms with Gasteiger partial charge in [0, 0.05) is 12.8 Å². The number of aliphatic hydroxyl groups is 1. The van der Waals surface area contributed by atoms with Crippen molar-refractivity contribution in [3.63, 3.8) is 0 Å². The molecule has 0 aromatic rings. The molecule has 8 heteroatoms. The van der Waals surface area contributed by atoms with Gasteiger partial charge in [-0.3, -0.25) is 14.1 Å². The minimum atomic E-state index is -4.70. The summed E-state index contributed by atoms with van der Waals surface area (Å²) in [4.78, 5) is 26.0. The minimum absolute atomic E-state index is 0.177. The van der Waals surface area contributed by atoms with E-state index in [4.69, 9.17) is 4.55 Å². The van der Waals surface area contributed by atoms with Gasteiger partial charge in [-0.2, -0.15) is 8.42 Å². The molecule has 0 radical (unpaired) electrons. The molecule has 0 aliphatic rings. The Morgan fingerprint density at radius 1 is 0.523 bits per heavy atom. The summed E-state index contributed by atoms with van der Waals surface area (Å²) in [5.41, 5.74) is 0. The van der Waals surface area contributed by atoms with Gasteiger partial charge in [0.05, 0.1) is 18.6 Å². The monoisotopic (exact) mass is 646 g/mol. The number of carbonyl (C=O) groups excluding carboxylic acids is 2. The van der Waals surface area contributed by atoms with Gasteiger partial charge in [0.2, 0.25) is 0 Å². The van der Waals surface area contributed by atoms with Gasteiger partial charge >= 0.3 is 10.4 Å². The highest BCUT2D eigenvalue weighted by Gasteiger charge is 2.28. The maximum absolute atomic E-state index is 13.0. The van der Waals surface area contributed by atoms with Crippen molar-refractivity contribution in [1.29, 1.82) is 0 Å². The number of hydrogen-bond donors (Lipinski definition) is 2. The molecule has 7 nitrogen and oxygen atoms in total. The number of Topliss-reactive ketones (excluding diaryl/α,β-unsaturated/α-hetero) is 2. The zero-order valence-electron chi connectivity index (χ0n) is 28.7. The van der Waals surface area contributed by atoms with E-state index in [1.54, 1.807) is 0 Å². The Hall–Kier alpha value is -0.830. The molecule has 44 heavy (non-hydrogen) atoms. The van der Waals surface area contributed by atoms with Gasteiger partial charge in [0.15, 0.2) is 0 Å². The fraction of sp³-hybridized carbons (Fsp3) is 0.944. The number of rotatable bonds is 35. The molecule has 2 N–H and O–H groups in total. The van der Waals surface area contributed by atoms with E-state index in [9.17, 15) is 23.1 Å². The molecule has 0 rings (SSSR count). The summed E-state index contributed by atoms with van der Waals surface area (Å²) >= 11 is 0. The first-order valence-electron chi connectivity index (χ1n) is 18.6. The Morgan fingerprint density at radius 3 is 1.07 bits per heavy atom. The van der Waals surface area contributed by atoms with Crippen LogP contribution >= 0.6 is 0 Å². The van der Waals surface area contributed by atoms with Crippen molar-refractivity contribution in [2.75, 3.05) is 6.61 Å². The van der Waals surface area contributed by atoms with Crippen molar-refractivity contribution in [2.24, 2.45) is 5.92 Å². The van der Waals surface area contributed by atoms with Gasteiger partial charge < -0.3 is 5.11 Å². The lowest BCUT2D eigenvalue weighted by atomic mass is 9.87. The second kappa shape index (κ2) is 30.8. The zero-order valence-corrected chi connectivity index (χ0v) is 29.5. The second-order valence-corrected chi connectivity index (χ2v) is 14.2. The molecule has 0 fully saturated rings. The number of ketones is 2. The molecule has 1 unspecified atom stereocenters. The van der Waals surface area contributed by atoms with E-state index in [2.05, 4.69) is 18.0 Å². The standard InChI is InChI=1S/C36H70O7S/c1-3-5-7-9-11-13-15-17-19-21-23-25-27-29-35(38)34(31-33(37)32-43-44(40,41)42)36(39)30-28-26-24-22-20-18-16-14-12-10-8-6-4-2/h33-34,37H,3-32H2,1-2H3,(H,40,41,42). The van der Waals surface area contributed by atoms with Crippen molar-refractivity contribution >= 4 is 22.0 Å². The van der Waals surface area contributed by atoms with Crippen LogP contribution in [-0.4, -0.2) is 42.4 Å². The largest absolute Gasteiger partial charge is 0.397 e. The third-order valence-corrected chi connectivity index (χ3v) is 9.18. The summed E-state index contributed by atoms with van der Waals surface area (Å²) in [6.45, 7) is 3.81. The molecular formula is C36H70O7S. The summed E-state index contributed by atoms with van der Waals surface area (Å²) in [6.07, 6.45) is 30.5. The van der Waals surface area contributed by atoms with Crippen molar-refractivity contribution in [3.05, 3.63) is 0 Å². The van der Waals surface area contributed by atoms with E-state index in [-0.39, 0.29) is 18.0 Å². The normalized spacial score (nSPS) is 12.7. The Kier molecular flexibility index (Phi) is 30.2. The molecule has 0 aromatic heterocycles. The van der Waals surface area contributed by atoms with Crippen LogP contribution in [-0.2, 0) is 24.2 Å². The number of hydrogen-bond acceptors (Lipinski definition) is 6. The van der Waals surface area contributed by atoms with Gasteiger partial charge in [-0.15, -0.1) is 0 Å². The number of unbranched alkanes of at least 4 members (excludes halogenated alkanes) is 24. The lowest BCUT2D eigenvalue weighted by Gasteiger charge is -2.18. The molecule has 0 heterocycles. The van der Waals surface area contributed by atoms with E-state index >= 15 is 0 Å².